The molecule has 0 saturated heterocycles. The van der Waals surface area contributed by atoms with Crippen LogP contribution in [0.1, 0.15) is 5.56 Å². The number of carbonyl (C=O) groups excluding carboxylic acids is 1. The van der Waals surface area contributed by atoms with Gasteiger partial charge in [0.05, 0.1) is 0 Å². The molecule has 1 aromatic rings. The van der Waals surface area contributed by atoms with Crippen LogP contribution in [-0.4, -0.2) is 30.2 Å². The highest BCUT2D eigenvalue weighted by Crippen LogP contribution is 2.15. The van der Waals surface area contributed by atoms with Gasteiger partial charge in [0.2, 0.25) is 0 Å². The van der Waals surface area contributed by atoms with E-state index in [4.69, 9.17) is 9.84 Å². The summed E-state index contributed by atoms with van der Waals surface area (Å²) in [4.78, 5) is 25.6. The molecule has 0 heterocycles. The van der Waals surface area contributed by atoms with Gasteiger partial charge in [-0.3, -0.25) is 9.63 Å². The van der Waals surface area contributed by atoms with Crippen LogP contribution in [-0.2, 0) is 14.4 Å². The van der Waals surface area contributed by atoms with Gasteiger partial charge in [-0.1, -0.05) is 18.2 Å². The van der Waals surface area contributed by atoms with E-state index in [1.165, 1.54) is 0 Å². The molecule has 0 aliphatic rings. The first kappa shape index (κ1) is 13.0. The summed E-state index contributed by atoms with van der Waals surface area (Å²) in [5, 5.41) is 8.26. The molecule has 17 heavy (non-hydrogen) atoms. The second kappa shape index (κ2) is 6.49. The van der Waals surface area contributed by atoms with Gasteiger partial charge in [0, 0.05) is 0 Å². The third-order valence-electron chi connectivity index (χ3n) is 1.83. The fourth-order valence-electron chi connectivity index (χ4n) is 1.07. The number of amides is 1. The van der Waals surface area contributed by atoms with Gasteiger partial charge in [-0.2, -0.15) is 0 Å². The Morgan fingerprint density at radius 1 is 1.29 bits per heavy atom. The lowest BCUT2D eigenvalue weighted by Gasteiger charge is -2.08. The summed E-state index contributed by atoms with van der Waals surface area (Å²) in [5.74, 6) is -1.11. The van der Waals surface area contributed by atoms with Gasteiger partial charge in [0.1, 0.15) is 5.75 Å². The molecule has 0 aliphatic heterocycles. The van der Waals surface area contributed by atoms with E-state index in [9.17, 15) is 9.59 Å². The SMILES string of the molecule is Cc1ccccc1OCC(=O)NOCC(=O)O. The molecule has 92 valence electrons. The predicted octanol–water partition coefficient (Wildman–Crippen LogP) is 0.506. The molecule has 0 fully saturated rings. The summed E-state index contributed by atoms with van der Waals surface area (Å²) >= 11 is 0. The van der Waals surface area contributed by atoms with E-state index in [2.05, 4.69) is 4.84 Å². The van der Waals surface area contributed by atoms with Crippen molar-refractivity contribution in [1.29, 1.82) is 0 Å². The Bertz CT molecular complexity index is 405. The van der Waals surface area contributed by atoms with Gasteiger partial charge < -0.3 is 9.84 Å². The number of aryl methyl sites for hydroxylation is 1. The van der Waals surface area contributed by atoms with Gasteiger partial charge in [0.25, 0.3) is 5.91 Å². The minimum atomic E-state index is -1.16. The number of hydrogen-bond donors (Lipinski definition) is 2. The van der Waals surface area contributed by atoms with Crippen molar-refractivity contribution in [3.05, 3.63) is 29.8 Å². The molecule has 1 rings (SSSR count). The monoisotopic (exact) mass is 239 g/mol. The maximum atomic E-state index is 11.2. The van der Waals surface area contributed by atoms with E-state index in [0.29, 0.717) is 5.75 Å². The maximum absolute atomic E-state index is 11.2. The summed E-state index contributed by atoms with van der Waals surface area (Å²) in [6, 6.07) is 7.24. The number of hydrogen-bond acceptors (Lipinski definition) is 4. The van der Waals surface area contributed by atoms with Crippen LogP contribution in [0.25, 0.3) is 0 Å². The number of aliphatic carboxylic acids is 1. The minimum Gasteiger partial charge on any atom is -0.483 e. The van der Waals surface area contributed by atoms with E-state index >= 15 is 0 Å². The number of benzene rings is 1. The average Bonchev–Trinajstić information content (AvgIpc) is 2.27. The molecule has 0 spiro atoms. The molecule has 6 nitrogen and oxygen atoms in total. The summed E-state index contributed by atoms with van der Waals surface area (Å²) in [6.07, 6.45) is 0. The van der Waals surface area contributed by atoms with Gasteiger partial charge >= 0.3 is 5.97 Å². The Balaban J connectivity index is 2.29. The Morgan fingerprint density at radius 3 is 2.65 bits per heavy atom. The lowest BCUT2D eigenvalue weighted by atomic mass is 10.2. The Morgan fingerprint density at radius 2 is 2.00 bits per heavy atom. The van der Waals surface area contributed by atoms with Crippen LogP contribution in [0.5, 0.6) is 5.75 Å². The summed E-state index contributed by atoms with van der Waals surface area (Å²) in [5.41, 5.74) is 2.87. The number of hydroxylamine groups is 1. The molecular formula is C11H13NO5. The van der Waals surface area contributed by atoms with Gasteiger partial charge in [-0.15, -0.1) is 0 Å². The first-order valence-corrected chi connectivity index (χ1v) is 4.90. The van der Waals surface area contributed by atoms with E-state index in [-0.39, 0.29) is 6.61 Å². The molecule has 1 aromatic carbocycles. The fraction of sp³-hybridized carbons (Fsp3) is 0.273. The molecule has 0 aliphatic carbocycles. The lowest BCUT2D eigenvalue weighted by molar-refractivity contribution is -0.149. The maximum Gasteiger partial charge on any atom is 0.332 e. The van der Waals surface area contributed by atoms with Crippen LogP contribution in [0.15, 0.2) is 24.3 Å². The summed E-state index contributed by atoms with van der Waals surface area (Å²) in [6.45, 7) is 1.04. The zero-order chi connectivity index (χ0) is 12.7. The molecule has 0 bridgehead atoms. The number of carbonyl (C=O) groups is 2. The highest BCUT2D eigenvalue weighted by atomic mass is 16.7. The smallest absolute Gasteiger partial charge is 0.332 e. The quantitative estimate of drug-likeness (QED) is 0.706. The van der Waals surface area contributed by atoms with Crippen molar-refractivity contribution in [2.75, 3.05) is 13.2 Å². The molecule has 0 aromatic heterocycles. The van der Waals surface area contributed by atoms with Crippen LogP contribution < -0.4 is 10.2 Å². The number of para-hydroxylation sites is 1. The Kier molecular flexibility index (Phi) is 4.96. The van der Waals surface area contributed by atoms with Crippen molar-refractivity contribution in [3.63, 3.8) is 0 Å². The van der Waals surface area contributed by atoms with Crippen LogP contribution in [0, 0.1) is 6.92 Å². The van der Waals surface area contributed by atoms with Crippen molar-refractivity contribution in [2.24, 2.45) is 0 Å². The predicted molar refractivity (Wildman–Crippen MR) is 58.4 cm³/mol. The minimum absolute atomic E-state index is 0.232. The van der Waals surface area contributed by atoms with Crippen LogP contribution >= 0.6 is 0 Å². The van der Waals surface area contributed by atoms with Crippen molar-refractivity contribution >= 4 is 11.9 Å². The largest absolute Gasteiger partial charge is 0.483 e. The number of carboxylic acids is 1. The molecule has 2 N–H and O–H groups in total. The standard InChI is InChI=1S/C11H13NO5/c1-8-4-2-3-5-9(8)16-6-10(13)12-17-7-11(14)15/h2-5H,6-7H2,1H3,(H,12,13)(H,14,15). The molecule has 6 heteroatoms. The summed E-state index contributed by atoms with van der Waals surface area (Å²) < 4.78 is 5.22. The molecular weight excluding hydrogens is 226 g/mol. The molecule has 0 atom stereocenters. The van der Waals surface area contributed by atoms with Crippen molar-refractivity contribution < 1.29 is 24.3 Å². The van der Waals surface area contributed by atoms with Gasteiger partial charge in [-0.05, 0) is 18.6 Å². The van der Waals surface area contributed by atoms with Crippen LogP contribution in [0.3, 0.4) is 0 Å². The molecule has 0 unspecified atom stereocenters. The van der Waals surface area contributed by atoms with Crippen molar-refractivity contribution in [3.8, 4) is 5.75 Å². The number of nitrogens with one attached hydrogen (secondary N) is 1. The van der Waals surface area contributed by atoms with Crippen LogP contribution in [0.4, 0.5) is 0 Å². The lowest BCUT2D eigenvalue weighted by Crippen LogP contribution is -2.31. The number of ether oxygens (including phenoxy) is 1. The topological polar surface area (TPSA) is 84.9 Å². The first-order chi connectivity index (χ1) is 8.09. The number of rotatable bonds is 6. The second-order valence-electron chi connectivity index (χ2n) is 3.26. The Labute approximate surface area is 98.1 Å². The van der Waals surface area contributed by atoms with E-state index in [1.807, 2.05) is 24.5 Å². The Hall–Kier alpha value is -2.08. The van der Waals surface area contributed by atoms with E-state index in [0.717, 1.165) is 5.56 Å². The highest BCUT2D eigenvalue weighted by Gasteiger charge is 2.05. The zero-order valence-electron chi connectivity index (χ0n) is 9.30. The zero-order valence-corrected chi connectivity index (χ0v) is 9.30. The molecule has 1 amide bonds. The second-order valence-corrected chi connectivity index (χ2v) is 3.26. The van der Waals surface area contributed by atoms with Gasteiger partial charge in [0.15, 0.2) is 13.2 Å². The van der Waals surface area contributed by atoms with E-state index in [1.54, 1.807) is 12.1 Å². The normalized spacial score (nSPS) is 9.71. The number of carboxylic acid groups (broad SMARTS) is 1. The van der Waals surface area contributed by atoms with Crippen molar-refractivity contribution in [1.82, 2.24) is 5.48 Å². The molecule has 0 saturated carbocycles. The van der Waals surface area contributed by atoms with Gasteiger partial charge in [-0.25, -0.2) is 10.3 Å². The summed E-state index contributed by atoms with van der Waals surface area (Å²) in [7, 11) is 0. The third kappa shape index (κ3) is 4.98. The first-order valence-electron chi connectivity index (χ1n) is 4.90. The average molecular weight is 239 g/mol. The fourth-order valence-corrected chi connectivity index (χ4v) is 1.07. The van der Waals surface area contributed by atoms with Crippen LogP contribution in [0.2, 0.25) is 0 Å². The van der Waals surface area contributed by atoms with E-state index < -0.39 is 18.5 Å². The van der Waals surface area contributed by atoms with Crippen molar-refractivity contribution in [2.45, 2.75) is 6.92 Å². The highest BCUT2D eigenvalue weighted by molar-refractivity contribution is 5.76. The third-order valence-corrected chi connectivity index (χ3v) is 1.83. The molecule has 0 radical (unpaired) electrons.